The predicted molar refractivity (Wildman–Crippen MR) is 113 cm³/mol. The molecule has 0 saturated carbocycles. The zero-order chi connectivity index (χ0) is 20.9. The molecule has 8 heteroatoms. The molecule has 2 heterocycles. The Labute approximate surface area is 174 Å². The van der Waals surface area contributed by atoms with E-state index in [4.69, 9.17) is 4.74 Å². The molecule has 0 bridgehead atoms. The smallest absolute Gasteiger partial charge is 0.251 e. The van der Waals surface area contributed by atoms with Crippen molar-refractivity contribution in [3.8, 4) is 0 Å². The van der Waals surface area contributed by atoms with E-state index in [2.05, 4.69) is 17.1 Å². The minimum absolute atomic E-state index is 0.164. The van der Waals surface area contributed by atoms with Crippen LogP contribution in [0, 0.1) is 12.8 Å². The number of benzene rings is 1. The maximum absolute atomic E-state index is 12.9. The summed E-state index contributed by atoms with van der Waals surface area (Å²) in [5.41, 5.74) is 1.19. The van der Waals surface area contributed by atoms with Crippen LogP contribution in [0.3, 0.4) is 0 Å². The molecule has 2 aliphatic rings. The molecule has 2 saturated heterocycles. The fourth-order valence-corrected chi connectivity index (χ4v) is 5.26. The highest BCUT2D eigenvalue weighted by atomic mass is 32.2. The van der Waals surface area contributed by atoms with Gasteiger partial charge in [-0.15, -0.1) is 0 Å². The maximum atomic E-state index is 12.9. The van der Waals surface area contributed by atoms with Gasteiger partial charge in [0, 0.05) is 25.2 Å². The van der Waals surface area contributed by atoms with Gasteiger partial charge in [-0.2, -0.15) is 4.31 Å². The van der Waals surface area contributed by atoms with Crippen LogP contribution in [-0.4, -0.2) is 76.0 Å². The number of likely N-dealkylation sites (tertiary alicyclic amines) is 1. The van der Waals surface area contributed by atoms with Gasteiger partial charge in [0.15, 0.2) is 0 Å². The first kappa shape index (κ1) is 22.2. The number of sulfonamides is 1. The van der Waals surface area contributed by atoms with Crippen molar-refractivity contribution < 1.29 is 17.9 Å². The number of carbonyl (C=O) groups excluding carboxylic acids is 1. The summed E-state index contributed by atoms with van der Waals surface area (Å²) in [4.78, 5) is 15.3. The molecule has 7 nitrogen and oxygen atoms in total. The van der Waals surface area contributed by atoms with Crippen molar-refractivity contribution in [2.24, 2.45) is 5.92 Å². The molecule has 1 amide bonds. The molecule has 0 unspecified atom stereocenters. The molecule has 1 N–H and O–H groups in total. The zero-order valence-electron chi connectivity index (χ0n) is 17.5. The summed E-state index contributed by atoms with van der Waals surface area (Å²) in [7, 11) is -3.61. The lowest BCUT2D eigenvalue weighted by molar-refractivity contribution is 0.0730. The fraction of sp³-hybridized carbons (Fsp3) is 0.667. The first-order valence-corrected chi connectivity index (χ1v) is 12.0. The standard InChI is InChI=1S/C21H33N3O4S/c1-17-6-10-23(11-7-17)9-3-8-22-21(25)20-16-19(5-4-18(20)2)29(26,27)24-12-14-28-15-13-24/h4-5,16-17H,3,6-15H2,1-2H3,(H,22,25). The molecule has 0 aliphatic carbocycles. The SMILES string of the molecule is Cc1ccc(S(=O)(=O)N2CCOCC2)cc1C(=O)NCCCN1CCC(C)CC1. The Bertz CT molecular complexity index is 798. The number of ether oxygens (including phenoxy) is 1. The van der Waals surface area contributed by atoms with Crippen LogP contribution in [0.4, 0.5) is 0 Å². The second kappa shape index (κ2) is 10.0. The molecular weight excluding hydrogens is 390 g/mol. The van der Waals surface area contributed by atoms with Crippen LogP contribution < -0.4 is 5.32 Å². The molecule has 1 aromatic rings. The first-order chi connectivity index (χ1) is 13.9. The monoisotopic (exact) mass is 423 g/mol. The van der Waals surface area contributed by atoms with Crippen LogP contribution in [0.1, 0.15) is 42.1 Å². The third-order valence-corrected chi connectivity index (χ3v) is 7.77. The minimum atomic E-state index is -3.61. The third-order valence-electron chi connectivity index (χ3n) is 5.87. The maximum Gasteiger partial charge on any atom is 0.251 e. The second-order valence-electron chi connectivity index (χ2n) is 8.13. The quantitative estimate of drug-likeness (QED) is 0.678. The molecule has 0 radical (unpaired) electrons. The topological polar surface area (TPSA) is 78.9 Å². The average molecular weight is 424 g/mol. The number of aryl methyl sites for hydroxylation is 1. The molecule has 1 aromatic carbocycles. The summed E-state index contributed by atoms with van der Waals surface area (Å²) in [5.74, 6) is 0.601. The van der Waals surface area contributed by atoms with Gasteiger partial charge in [0.25, 0.3) is 5.91 Å². The fourth-order valence-electron chi connectivity index (χ4n) is 3.83. The van der Waals surface area contributed by atoms with Crippen LogP contribution in [0.15, 0.2) is 23.1 Å². The summed E-state index contributed by atoms with van der Waals surface area (Å²) >= 11 is 0. The Morgan fingerprint density at radius 1 is 1.17 bits per heavy atom. The van der Waals surface area contributed by atoms with E-state index in [1.165, 1.54) is 23.2 Å². The van der Waals surface area contributed by atoms with E-state index in [0.717, 1.165) is 37.5 Å². The number of morpholine rings is 1. The van der Waals surface area contributed by atoms with Crippen LogP contribution in [0.25, 0.3) is 0 Å². The molecule has 2 fully saturated rings. The number of hydrogen-bond donors (Lipinski definition) is 1. The van der Waals surface area contributed by atoms with Crippen molar-refractivity contribution in [3.63, 3.8) is 0 Å². The minimum Gasteiger partial charge on any atom is -0.379 e. The molecule has 2 aliphatic heterocycles. The van der Waals surface area contributed by atoms with Gasteiger partial charge in [-0.05, 0) is 69.4 Å². The lowest BCUT2D eigenvalue weighted by Crippen LogP contribution is -2.40. The summed E-state index contributed by atoms with van der Waals surface area (Å²) in [6, 6.07) is 4.78. The van der Waals surface area contributed by atoms with Crippen molar-refractivity contribution in [2.75, 3.05) is 52.5 Å². The molecule has 29 heavy (non-hydrogen) atoms. The summed E-state index contributed by atoms with van der Waals surface area (Å²) in [5, 5.41) is 2.95. The summed E-state index contributed by atoms with van der Waals surface area (Å²) < 4.78 is 32.4. The Kier molecular flexibility index (Phi) is 7.67. The van der Waals surface area contributed by atoms with Crippen molar-refractivity contribution >= 4 is 15.9 Å². The molecular formula is C21H33N3O4S. The number of piperidine rings is 1. The van der Waals surface area contributed by atoms with Gasteiger partial charge >= 0.3 is 0 Å². The molecule has 162 valence electrons. The van der Waals surface area contributed by atoms with Gasteiger partial charge in [0.2, 0.25) is 10.0 Å². The lowest BCUT2D eigenvalue weighted by Gasteiger charge is -2.30. The van der Waals surface area contributed by atoms with E-state index >= 15 is 0 Å². The van der Waals surface area contributed by atoms with Crippen LogP contribution in [0.5, 0.6) is 0 Å². The van der Waals surface area contributed by atoms with Gasteiger partial charge < -0.3 is 15.0 Å². The molecule has 0 aromatic heterocycles. The first-order valence-electron chi connectivity index (χ1n) is 10.6. The number of carbonyl (C=O) groups is 1. The summed E-state index contributed by atoms with van der Waals surface area (Å²) in [6.07, 6.45) is 3.39. The van der Waals surface area contributed by atoms with Crippen molar-refractivity contribution in [3.05, 3.63) is 29.3 Å². The number of amides is 1. The second-order valence-corrected chi connectivity index (χ2v) is 10.1. The zero-order valence-corrected chi connectivity index (χ0v) is 18.3. The van der Waals surface area contributed by atoms with E-state index in [1.807, 2.05) is 6.92 Å². The highest BCUT2D eigenvalue weighted by Gasteiger charge is 2.27. The number of nitrogens with zero attached hydrogens (tertiary/aromatic N) is 2. The van der Waals surface area contributed by atoms with E-state index < -0.39 is 10.0 Å². The Hall–Kier alpha value is -1.48. The van der Waals surface area contributed by atoms with Gasteiger partial charge in [-0.3, -0.25) is 4.79 Å². The van der Waals surface area contributed by atoms with Gasteiger partial charge in [0.1, 0.15) is 0 Å². The number of rotatable bonds is 7. The number of nitrogens with one attached hydrogen (secondary N) is 1. The Morgan fingerprint density at radius 3 is 2.55 bits per heavy atom. The number of hydrogen-bond acceptors (Lipinski definition) is 5. The average Bonchev–Trinajstić information content (AvgIpc) is 2.73. The molecule has 0 atom stereocenters. The van der Waals surface area contributed by atoms with Crippen molar-refractivity contribution in [1.82, 2.24) is 14.5 Å². The third kappa shape index (κ3) is 5.78. The van der Waals surface area contributed by atoms with Gasteiger partial charge in [0.05, 0.1) is 18.1 Å². The van der Waals surface area contributed by atoms with E-state index in [1.54, 1.807) is 12.1 Å². The Balaban J connectivity index is 1.56. The van der Waals surface area contributed by atoms with Gasteiger partial charge in [-0.25, -0.2) is 8.42 Å². The highest BCUT2D eigenvalue weighted by molar-refractivity contribution is 7.89. The van der Waals surface area contributed by atoms with Crippen LogP contribution in [0.2, 0.25) is 0 Å². The van der Waals surface area contributed by atoms with Crippen LogP contribution in [-0.2, 0) is 14.8 Å². The van der Waals surface area contributed by atoms with Crippen molar-refractivity contribution in [1.29, 1.82) is 0 Å². The normalized spacial score (nSPS) is 19.9. The van der Waals surface area contributed by atoms with Gasteiger partial charge in [-0.1, -0.05) is 13.0 Å². The largest absolute Gasteiger partial charge is 0.379 e. The Morgan fingerprint density at radius 2 is 1.86 bits per heavy atom. The predicted octanol–water partition coefficient (Wildman–Crippen LogP) is 1.87. The molecule has 3 rings (SSSR count). The van der Waals surface area contributed by atoms with E-state index in [9.17, 15) is 13.2 Å². The van der Waals surface area contributed by atoms with E-state index in [-0.39, 0.29) is 10.8 Å². The lowest BCUT2D eigenvalue weighted by atomic mass is 9.99. The van der Waals surface area contributed by atoms with Crippen molar-refractivity contribution in [2.45, 2.75) is 38.0 Å². The van der Waals surface area contributed by atoms with E-state index in [0.29, 0.717) is 38.4 Å². The summed E-state index contributed by atoms with van der Waals surface area (Å²) in [6.45, 7) is 9.44. The molecule has 0 spiro atoms. The van der Waals surface area contributed by atoms with Crippen LogP contribution >= 0.6 is 0 Å². The highest BCUT2D eigenvalue weighted by Crippen LogP contribution is 2.21.